The molecule has 0 aliphatic carbocycles. The van der Waals surface area contributed by atoms with Crippen molar-refractivity contribution in [1.82, 2.24) is 14.9 Å². The molecule has 1 aromatic heterocycles. The molecule has 3 heterocycles. The van der Waals surface area contributed by atoms with Crippen molar-refractivity contribution in [3.63, 3.8) is 0 Å². The van der Waals surface area contributed by atoms with E-state index in [4.69, 9.17) is 11.5 Å². The van der Waals surface area contributed by atoms with Gasteiger partial charge in [-0.15, -0.1) is 0 Å². The largest absolute Gasteiger partial charge is 0.402 e. The lowest BCUT2D eigenvalue weighted by Gasteiger charge is -2.41. The lowest BCUT2D eigenvalue weighted by molar-refractivity contribution is 0.168. The molecule has 0 bridgehead atoms. The van der Waals surface area contributed by atoms with Crippen LogP contribution in [-0.2, 0) is 10.8 Å². The average molecular weight is 482 g/mol. The summed E-state index contributed by atoms with van der Waals surface area (Å²) in [5.74, 6) is 3.57. The predicted octanol–water partition coefficient (Wildman–Crippen LogP) is 3.31. The molecule has 4 rings (SSSR count). The monoisotopic (exact) mass is 481 g/mol. The maximum Gasteiger partial charge on any atom is 0.229 e. The SMILES string of the molecule is C/C(N)=C/C(N)=Nc1nc(Nc2cc(C)c(C3CCN(C4CS(=O)C4)CC3)cc2C)ncc1C. The van der Waals surface area contributed by atoms with Crippen molar-refractivity contribution >= 4 is 34.1 Å². The fourth-order valence-corrected chi connectivity index (χ4v) is 5.88. The van der Waals surface area contributed by atoms with E-state index in [-0.39, 0.29) is 0 Å². The molecule has 5 N–H and O–H groups in total. The van der Waals surface area contributed by atoms with Gasteiger partial charge >= 0.3 is 0 Å². The Labute approximate surface area is 204 Å². The molecule has 0 unspecified atom stereocenters. The zero-order valence-electron chi connectivity index (χ0n) is 20.5. The molecule has 0 amide bonds. The van der Waals surface area contributed by atoms with Gasteiger partial charge in [0, 0.05) is 51.5 Å². The van der Waals surface area contributed by atoms with Crippen LogP contribution in [0.2, 0.25) is 0 Å². The minimum absolute atomic E-state index is 0.306. The van der Waals surface area contributed by atoms with Crippen molar-refractivity contribution in [3.8, 4) is 0 Å². The van der Waals surface area contributed by atoms with Crippen molar-refractivity contribution in [2.45, 2.75) is 52.5 Å². The van der Waals surface area contributed by atoms with E-state index in [0.29, 0.717) is 35.3 Å². The number of aliphatic imine (C=N–C) groups is 1. The Morgan fingerprint density at radius 2 is 1.85 bits per heavy atom. The molecule has 2 saturated heterocycles. The second-order valence-electron chi connectivity index (χ2n) is 9.51. The number of hydrogen-bond acceptors (Lipinski definition) is 7. The Kier molecular flexibility index (Phi) is 7.33. The van der Waals surface area contributed by atoms with Gasteiger partial charge in [-0.05, 0) is 88.4 Å². The second kappa shape index (κ2) is 10.2. The molecular formula is C25H35N7OS. The Morgan fingerprint density at radius 1 is 1.15 bits per heavy atom. The van der Waals surface area contributed by atoms with Crippen LogP contribution in [0.5, 0.6) is 0 Å². The number of amidine groups is 1. The van der Waals surface area contributed by atoms with Crippen LogP contribution in [0.15, 0.2) is 35.1 Å². The van der Waals surface area contributed by atoms with Crippen LogP contribution >= 0.6 is 0 Å². The van der Waals surface area contributed by atoms with E-state index in [9.17, 15) is 4.21 Å². The third-order valence-corrected chi connectivity index (χ3v) is 8.17. The van der Waals surface area contributed by atoms with E-state index in [1.54, 1.807) is 19.2 Å². The quantitative estimate of drug-likeness (QED) is 0.427. The Balaban J connectivity index is 1.47. The molecule has 2 aliphatic rings. The standard InChI is InChI=1S/C25H35N7OS/c1-15-10-22(29-25-28-12-17(3)24(31-25)30-23(27)11-18(4)26)16(2)9-21(15)19-5-7-32(8-6-19)20-13-34(33)14-20/h9-12,19-20H,5-8,13-14,26H2,1-4H3,(H3,27,28,29,30,31)/b18-11-. The molecule has 182 valence electrons. The zero-order valence-corrected chi connectivity index (χ0v) is 21.3. The number of benzene rings is 1. The topological polar surface area (TPSA) is 123 Å². The molecule has 1 aromatic carbocycles. The predicted molar refractivity (Wildman–Crippen MR) is 140 cm³/mol. The number of anilines is 2. The third kappa shape index (κ3) is 5.64. The van der Waals surface area contributed by atoms with Gasteiger partial charge in [0.05, 0.1) is 0 Å². The van der Waals surface area contributed by atoms with E-state index in [1.807, 2.05) is 6.92 Å². The highest BCUT2D eigenvalue weighted by molar-refractivity contribution is 7.86. The van der Waals surface area contributed by atoms with Crippen LogP contribution in [0.25, 0.3) is 0 Å². The third-order valence-electron chi connectivity index (χ3n) is 6.66. The lowest BCUT2D eigenvalue weighted by atomic mass is 9.85. The van der Waals surface area contributed by atoms with Crippen LogP contribution < -0.4 is 16.8 Å². The highest BCUT2D eigenvalue weighted by Crippen LogP contribution is 2.35. The zero-order chi connectivity index (χ0) is 24.4. The first kappa shape index (κ1) is 24.3. The summed E-state index contributed by atoms with van der Waals surface area (Å²) in [6, 6.07) is 5.02. The summed E-state index contributed by atoms with van der Waals surface area (Å²) in [6.45, 7) is 10.1. The van der Waals surface area contributed by atoms with E-state index in [0.717, 1.165) is 54.3 Å². The van der Waals surface area contributed by atoms with Gasteiger partial charge in [0.1, 0.15) is 5.84 Å². The molecule has 8 nitrogen and oxygen atoms in total. The van der Waals surface area contributed by atoms with E-state index >= 15 is 0 Å². The Bertz CT molecular complexity index is 1140. The molecule has 9 heteroatoms. The number of nitrogens with zero attached hydrogens (tertiary/aromatic N) is 4. The van der Waals surface area contributed by atoms with Crippen molar-refractivity contribution in [3.05, 3.63) is 52.4 Å². The van der Waals surface area contributed by atoms with E-state index in [2.05, 4.69) is 51.2 Å². The maximum atomic E-state index is 11.5. The first-order valence-electron chi connectivity index (χ1n) is 11.8. The average Bonchev–Trinajstić information content (AvgIpc) is 2.76. The molecule has 0 saturated carbocycles. The van der Waals surface area contributed by atoms with Crippen LogP contribution in [0.1, 0.15) is 47.9 Å². The van der Waals surface area contributed by atoms with Crippen molar-refractivity contribution in [2.24, 2.45) is 16.5 Å². The van der Waals surface area contributed by atoms with Crippen molar-refractivity contribution in [1.29, 1.82) is 0 Å². The van der Waals surface area contributed by atoms with Gasteiger partial charge < -0.3 is 16.8 Å². The van der Waals surface area contributed by atoms with Gasteiger partial charge in [-0.25, -0.2) is 9.98 Å². The highest BCUT2D eigenvalue weighted by Gasteiger charge is 2.33. The van der Waals surface area contributed by atoms with Gasteiger partial charge in [0.15, 0.2) is 5.82 Å². The van der Waals surface area contributed by atoms with Gasteiger partial charge in [0.2, 0.25) is 5.95 Å². The van der Waals surface area contributed by atoms with E-state index < -0.39 is 10.8 Å². The van der Waals surface area contributed by atoms with Gasteiger partial charge in [-0.3, -0.25) is 9.11 Å². The van der Waals surface area contributed by atoms with Crippen LogP contribution in [0.3, 0.4) is 0 Å². The molecule has 2 aliphatic heterocycles. The smallest absolute Gasteiger partial charge is 0.229 e. The summed E-state index contributed by atoms with van der Waals surface area (Å²) >= 11 is 0. The molecule has 0 spiro atoms. The number of piperidine rings is 1. The van der Waals surface area contributed by atoms with Crippen molar-refractivity contribution in [2.75, 3.05) is 29.9 Å². The number of nitrogens with two attached hydrogens (primary N) is 2. The van der Waals surface area contributed by atoms with Crippen LogP contribution in [0.4, 0.5) is 17.5 Å². The minimum Gasteiger partial charge on any atom is -0.402 e. The molecule has 0 radical (unpaired) electrons. The number of rotatable bonds is 6. The molecule has 0 atom stereocenters. The summed E-state index contributed by atoms with van der Waals surface area (Å²) in [6.07, 6.45) is 5.65. The molecule has 34 heavy (non-hydrogen) atoms. The summed E-state index contributed by atoms with van der Waals surface area (Å²) in [4.78, 5) is 15.9. The number of nitrogens with one attached hydrogen (secondary N) is 1. The van der Waals surface area contributed by atoms with E-state index in [1.165, 1.54) is 11.1 Å². The Hall–Kier alpha value is -2.78. The van der Waals surface area contributed by atoms with Gasteiger partial charge in [0.25, 0.3) is 0 Å². The number of hydrogen-bond donors (Lipinski definition) is 3. The summed E-state index contributed by atoms with van der Waals surface area (Å²) in [5.41, 5.74) is 17.9. The number of allylic oxidation sites excluding steroid dienone is 1. The number of likely N-dealkylation sites (tertiary alicyclic amines) is 1. The number of aryl methyl sites for hydroxylation is 3. The molecule has 2 aromatic rings. The van der Waals surface area contributed by atoms with Gasteiger partial charge in [-0.2, -0.15) is 4.98 Å². The lowest BCUT2D eigenvalue weighted by Crippen LogP contribution is -2.52. The highest BCUT2D eigenvalue weighted by atomic mass is 32.2. The Morgan fingerprint density at radius 3 is 2.50 bits per heavy atom. The van der Waals surface area contributed by atoms with Crippen LogP contribution in [-0.4, -0.2) is 55.5 Å². The first-order chi connectivity index (χ1) is 16.2. The fourth-order valence-electron chi connectivity index (χ4n) is 4.69. The first-order valence-corrected chi connectivity index (χ1v) is 13.3. The summed E-state index contributed by atoms with van der Waals surface area (Å²) < 4.78 is 11.5. The molecular weight excluding hydrogens is 446 g/mol. The maximum absolute atomic E-state index is 11.5. The van der Waals surface area contributed by atoms with Crippen LogP contribution in [0, 0.1) is 20.8 Å². The van der Waals surface area contributed by atoms with Gasteiger partial charge in [-0.1, -0.05) is 6.07 Å². The molecule has 2 fully saturated rings. The minimum atomic E-state index is -0.583. The second-order valence-corrected chi connectivity index (χ2v) is 11.1. The summed E-state index contributed by atoms with van der Waals surface area (Å²) in [5, 5.41) is 3.36. The number of aromatic nitrogens is 2. The normalized spacial score (nSPS) is 22.5. The fraction of sp³-hybridized carbons (Fsp3) is 0.480. The van der Waals surface area contributed by atoms with Crippen molar-refractivity contribution < 1.29 is 4.21 Å². The summed E-state index contributed by atoms with van der Waals surface area (Å²) in [7, 11) is -0.583.